The molecule has 0 spiro atoms. The van der Waals surface area contributed by atoms with Crippen molar-refractivity contribution in [3.8, 4) is 0 Å². The Morgan fingerprint density at radius 1 is 0.569 bits per heavy atom. The summed E-state index contributed by atoms with van der Waals surface area (Å²) in [6.07, 6.45) is 0.924. The summed E-state index contributed by atoms with van der Waals surface area (Å²) in [6, 6.07) is 53.1. The van der Waals surface area contributed by atoms with Gasteiger partial charge in [0, 0.05) is 54.7 Å². The molecule has 1 aliphatic heterocycles. The van der Waals surface area contributed by atoms with Crippen molar-refractivity contribution in [3.05, 3.63) is 157 Å². The molecule has 0 N–H and O–H groups in total. The SMILES string of the molecule is CCC1C(c2ccccc2)=Nc2oc3ccccc3c2C1n1c2ccccc2c2c3c4c5ccccc5ccc4n4c5ccccc5c(cc21)c34. The van der Waals surface area contributed by atoms with Crippen LogP contribution in [0.4, 0.5) is 5.88 Å². The van der Waals surface area contributed by atoms with Crippen LogP contribution in [0.1, 0.15) is 30.5 Å². The molecule has 0 fully saturated rings. The van der Waals surface area contributed by atoms with Gasteiger partial charge in [0.05, 0.1) is 33.8 Å². The average molecular weight is 654 g/mol. The van der Waals surface area contributed by atoms with Crippen LogP contribution < -0.4 is 0 Å². The van der Waals surface area contributed by atoms with E-state index in [1.807, 2.05) is 0 Å². The number of nitrogens with zero attached hydrogens (tertiary/aromatic N) is 3. The Bertz CT molecular complexity index is 3250. The summed E-state index contributed by atoms with van der Waals surface area (Å²) in [4.78, 5) is 5.35. The summed E-state index contributed by atoms with van der Waals surface area (Å²) in [5, 5.41) is 11.5. The molecule has 0 saturated carbocycles. The molecule has 0 aliphatic carbocycles. The lowest BCUT2D eigenvalue weighted by Crippen LogP contribution is -2.30. The summed E-state index contributed by atoms with van der Waals surface area (Å²) in [7, 11) is 0. The van der Waals surface area contributed by atoms with Gasteiger partial charge in [-0.25, -0.2) is 4.99 Å². The van der Waals surface area contributed by atoms with E-state index in [9.17, 15) is 0 Å². The van der Waals surface area contributed by atoms with Gasteiger partial charge in [-0.1, -0.05) is 122 Å². The number of hydrogen-bond acceptors (Lipinski definition) is 2. The minimum atomic E-state index is -0.0462. The largest absolute Gasteiger partial charge is 0.438 e. The summed E-state index contributed by atoms with van der Waals surface area (Å²) in [5.41, 5.74) is 10.6. The van der Waals surface area contributed by atoms with Gasteiger partial charge in [-0.05, 0) is 53.1 Å². The van der Waals surface area contributed by atoms with Gasteiger partial charge in [0.15, 0.2) is 0 Å². The maximum absolute atomic E-state index is 6.65. The first-order valence-corrected chi connectivity index (χ1v) is 18.0. The van der Waals surface area contributed by atoms with Gasteiger partial charge in [-0.3, -0.25) is 0 Å². The van der Waals surface area contributed by atoms with Crippen LogP contribution in [0.5, 0.6) is 0 Å². The second-order valence-corrected chi connectivity index (χ2v) is 14.1. The zero-order valence-corrected chi connectivity index (χ0v) is 28.0. The fourth-order valence-electron chi connectivity index (χ4n) is 9.68. The first-order chi connectivity index (χ1) is 25.3. The van der Waals surface area contributed by atoms with Crippen molar-refractivity contribution in [2.24, 2.45) is 10.9 Å². The fourth-order valence-corrected chi connectivity index (χ4v) is 9.68. The molecule has 5 heterocycles. The van der Waals surface area contributed by atoms with Gasteiger partial charge in [0.1, 0.15) is 5.58 Å². The van der Waals surface area contributed by atoms with E-state index >= 15 is 0 Å². The van der Waals surface area contributed by atoms with Crippen LogP contribution >= 0.6 is 0 Å². The van der Waals surface area contributed by atoms with Crippen LogP contribution in [-0.4, -0.2) is 14.7 Å². The smallest absolute Gasteiger partial charge is 0.225 e. The highest BCUT2D eigenvalue weighted by Gasteiger charge is 2.39. The first kappa shape index (κ1) is 27.4. The van der Waals surface area contributed by atoms with Crippen molar-refractivity contribution in [3.63, 3.8) is 0 Å². The molecule has 1 aliphatic rings. The lowest BCUT2D eigenvalue weighted by molar-refractivity contribution is 0.465. The van der Waals surface area contributed by atoms with Gasteiger partial charge in [0.25, 0.3) is 0 Å². The van der Waals surface area contributed by atoms with E-state index in [0.29, 0.717) is 5.88 Å². The highest BCUT2D eigenvalue weighted by Crippen LogP contribution is 2.53. The number of benzene rings is 7. The number of para-hydroxylation sites is 3. The number of fused-ring (bicyclic) bond motifs is 15. The van der Waals surface area contributed by atoms with Gasteiger partial charge in [0.2, 0.25) is 5.88 Å². The predicted molar refractivity (Wildman–Crippen MR) is 212 cm³/mol. The lowest BCUT2D eigenvalue weighted by Gasteiger charge is -2.33. The molecule has 0 radical (unpaired) electrons. The molecular formula is C47H31N3O. The first-order valence-electron chi connectivity index (χ1n) is 18.0. The minimum Gasteiger partial charge on any atom is -0.438 e. The van der Waals surface area contributed by atoms with Crippen LogP contribution in [0, 0.1) is 5.92 Å². The Morgan fingerprint density at radius 2 is 1.25 bits per heavy atom. The summed E-state index contributed by atoms with van der Waals surface area (Å²) in [5.74, 6) is 0.827. The zero-order chi connectivity index (χ0) is 33.4. The summed E-state index contributed by atoms with van der Waals surface area (Å²) < 4.78 is 11.8. The molecule has 2 unspecified atom stereocenters. The third-order valence-electron chi connectivity index (χ3n) is 11.7. The van der Waals surface area contributed by atoms with Crippen LogP contribution in [0.3, 0.4) is 0 Å². The molecule has 4 nitrogen and oxygen atoms in total. The molecule has 7 aromatic carbocycles. The van der Waals surface area contributed by atoms with Crippen molar-refractivity contribution in [1.82, 2.24) is 8.97 Å². The third kappa shape index (κ3) is 3.42. The second-order valence-electron chi connectivity index (χ2n) is 14.1. The molecule has 240 valence electrons. The van der Waals surface area contributed by atoms with Gasteiger partial charge >= 0.3 is 0 Å². The minimum absolute atomic E-state index is 0.0462. The normalized spacial score (nSPS) is 16.5. The topological polar surface area (TPSA) is 34.8 Å². The standard InChI is InChI=1S/C47H31N3O/c1-2-29-44(28-15-4-3-5-16-28)48-47-42(33-20-10-13-23-39(33)51-47)45(29)50-36-22-12-9-19-32(36)41-38(50)26-34-31-18-8-11-21-35(31)49-37-25-24-27-14-6-7-17-30(27)40(37)43(41)46(34)49/h3-26,29,45H,2H2,1H3. The molecule has 51 heavy (non-hydrogen) atoms. The van der Waals surface area contributed by atoms with Crippen LogP contribution in [0.25, 0.3) is 81.6 Å². The van der Waals surface area contributed by atoms with Gasteiger partial charge in [-0.2, -0.15) is 0 Å². The van der Waals surface area contributed by atoms with Crippen molar-refractivity contribution in [2.45, 2.75) is 19.4 Å². The third-order valence-corrected chi connectivity index (χ3v) is 11.7. The van der Waals surface area contributed by atoms with Crippen molar-refractivity contribution in [1.29, 1.82) is 0 Å². The Morgan fingerprint density at radius 3 is 2.10 bits per heavy atom. The molecule has 0 bridgehead atoms. The van der Waals surface area contributed by atoms with E-state index in [4.69, 9.17) is 9.41 Å². The van der Waals surface area contributed by atoms with Crippen LogP contribution in [0.2, 0.25) is 0 Å². The number of hydrogen-bond donors (Lipinski definition) is 0. The zero-order valence-electron chi connectivity index (χ0n) is 28.0. The van der Waals surface area contributed by atoms with Crippen LogP contribution in [0.15, 0.2) is 155 Å². The number of furan rings is 1. The van der Waals surface area contributed by atoms with Gasteiger partial charge < -0.3 is 13.4 Å². The number of aliphatic imine (C=N–C) groups is 1. The molecule has 2 atom stereocenters. The Hall–Kier alpha value is -6.39. The molecule has 0 saturated heterocycles. The monoisotopic (exact) mass is 653 g/mol. The highest BCUT2D eigenvalue weighted by molar-refractivity contribution is 6.38. The van der Waals surface area contributed by atoms with Crippen molar-refractivity contribution >= 4 is 93.2 Å². The van der Waals surface area contributed by atoms with Crippen molar-refractivity contribution in [2.75, 3.05) is 0 Å². The maximum Gasteiger partial charge on any atom is 0.225 e. The van der Waals surface area contributed by atoms with E-state index in [1.165, 1.54) is 76.2 Å². The molecule has 11 aromatic rings. The Kier molecular flexibility index (Phi) is 5.30. The molecule has 4 heteroatoms. The quantitative estimate of drug-likeness (QED) is 0.187. The summed E-state index contributed by atoms with van der Waals surface area (Å²) in [6.45, 7) is 2.31. The second kappa shape index (κ2) is 9.86. The maximum atomic E-state index is 6.65. The fraction of sp³-hybridized carbons (Fsp3) is 0.0851. The summed E-state index contributed by atoms with van der Waals surface area (Å²) >= 11 is 0. The van der Waals surface area contributed by atoms with Crippen molar-refractivity contribution < 1.29 is 4.42 Å². The van der Waals surface area contributed by atoms with E-state index in [1.54, 1.807) is 0 Å². The van der Waals surface area contributed by atoms with E-state index < -0.39 is 0 Å². The Labute approximate surface area is 292 Å². The van der Waals surface area contributed by atoms with E-state index in [-0.39, 0.29) is 12.0 Å². The number of aromatic nitrogens is 2. The molecular weight excluding hydrogens is 623 g/mol. The van der Waals surface area contributed by atoms with Gasteiger partial charge in [-0.15, -0.1) is 0 Å². The highest BCUT2D eigenvalue weighted by atomic mass is 16.3. The molecule has 0 amide bonds. The number of rotatable bonds is 3. The molecule has 4 aromatic heterocycles. The average Bonchev–Trinajstić information content (AvgIpc) is 3.92. The molecule has 12 rings (SSSR count). The van der Waals surface area contributed by atoms with E-state index in [2.05, 4.69) is 161 Å². The lowest BCUT2D eigenvalue weighted by atomic mass is 9.81. The van der Waals surface area contributed by atoms with E-state index in [0.717, 1.165) is 28.7 Å². The predicted octanol–water partition coefficient (Wildman–Crippen LogP) is 12.6. The Balaban J connectivity index is 1.32. The van der Waals surface area contributed by atoms with Crippen LogP contribution in [-0.2, 0) is 0 Å².